The van der Waals surface area contributed by atoms with Crippen LogP contribution in [-0.2, 0) is 14.8 Å². The van der Waals surface area contributed by atoms with Gasteiger partial charge in [0, 0.05) is 18.7 Å². The highest BCUT2D eigenvalue weighted by Gasteiger charge is 2.39. The first-order valence-corrected chi connectivity index (χ1v) is 6.85. The number of hydrogen-bond acceptors (Lipinski definition) is 4. The fourth-order valence-electron chi connectivity index (χ4n) is 2.12. The number of amidine groups is 1. The van der Waals surface area contributed by atoms with Crippen molar-refractivity contribution in [2.45, 2.75) is 4.90 Å². The van der Waals surface area contributed by atoms with Gasteiger partial charge in [-0.1, -0.05) is 12.1 Å². The van der Waals surface area contributed by atoms with E-state index in [9.17, 15) is 13.2 Å². The van der Waals surface area contributed by atoms with Gasteiger partial charge in [0.2, 0.25) is 0 Å². The van der Waals surface area contributed by atoms with Crippen LogP contribution >= 0.6 is 0 Å². The number of hydrogen-bond donors (Lipinski definition) is 1. The molecule has 6 nitrogen and oxygen atoms in total. The highest BCUT2D eigenvalue weighted by Crippen LogP contribution is 2.30. The first-order valence-electron chi connectivity index (χ1n) is 5.41. The van der Waals surface area contributed by atoms with Gasteiger partial charge in [0.05, 0.1) is 5.92 Å². The van der Waals surface area contributed by atoms with Crippen LogP contribution in [0, 0.1) is 5.92 Å². The summed E-state index contributed by atoms with van der Waals surface area (Å²) in [6.07, 6.45) is 0. The van der Waals surface area contributed by atoms with Crippen molar-refractivity contribution in [3.05, 3.63) is 29.8 Å². The fourth-order valence-corrected chi connectivity index (χ4v) is 3.35. The molecule has 94 valence electrons. The fraction of sp³-hybridized carbons (Fsp3) is 0.273. The van der Waals surface area contributed by atoms with Crippen LogP contribution in [0.25, 0.3) is 0 Å². The third-order valence-corrected chi connectivity index (χ3v) is 4.47. The summed E-state index contributed by atoms with van der Waals surface area (Å²) < 4.78 is 27.3. The van der Waals surface area contributed by atoms with Crippen LogP contribution in [0.1, 0.15) is 5.56 Å². The molecule has 0 radical (unpaired) electrons. The van der Waals surface area contributed by atoms with Crippen LogP contribution in [0.3, 0.4) is 0 Å². The van der Waals surface area contributed by atoms with E-state index >= 15 is 0 Å². The molecule has 0 aromatic heterocycles. The Bertz CT molecular complexity index is 659. The van der Waals surface area contributed by atoms with Crippen molar-refractivity contribution in [3.8, 4) is 0 Å². The normalized spacial score (nSPS) is 21.1. The number of carboxylic acids is 1. The van der Waals surface area contributed by atoms with E-state index < -0.39 is 21.9 Å². The number of rotatable bonds is 1. The molecule has 18 heavy (non-hydrogen) atoms. The molecule has 0 saturated carbocycles. The van der Waals surface area contributed by atoms with Crippen molar-refractivity contribution in [1.82, 2.24) is 4.90 Å². The quantitative estimate of drug-likeness (QED) is 0.782. The predicted octanol–water partition coefficient (Wildman–Crippen LogP) is 0.152. The average Bonchev–Trinajstić information content (AvgIpc) is 2.50. The molecule has 2 aliphatic heterocycles. The Hall–Kier alpha value is -1.89. The Morgan fingerprint density at radius 1 is 1.33 bits per heavy atom. The van der Waals surface area contributed by atoms with E-state index in [0.29, 0.717) is 24.5 Å². The van der Waals surface area contributed by atoms with Crippen molar-refractivity contribution in [3.63, 3.8) is 0 Å². The SMILES string of the molecule is O=C(O)C1CN(C2=NS(=O)(=O)c3ccccc32)C1. The molecule has 0 aliphatic carbocycles. The molecule has 1 aromatic carbocycles. The van der Waals surface area contributed by atoms with Crippen molar-refractivity contribution >= 4 is 21.8 Å². The second-order valence-corrected chi connectivity index (χ2v) is 5.90. The maximum Gasteiger partial charge on any atom is 0.310 e. The zero-order valence-electron chi connectivity index (χ0n) is 9.28. The van der Waals surface area contributed by atoms with Crippen LogP contribution in [0.15, 0.2) is 33.6 Å². The minimum absolute atomic E-state index is 0.193. The van der Waals surface area contributed by atoms with Crippen molar-refractivity contribution < 1.29 is 18.3 Å². The van der Waals surface area contributed by atoms with E-state index in [2.05, 4.69) is 4.40 Å². The zero-order chi connectivity index (χ0) is 12.9. The maximum atomic E-state index is 11.8. The summed E-state index contributed by atoms with van der Waals surface area (Å²) in [6.45, 7) is 0.607. The number of nitrogens with zero attached hydrogens (tertiary/aromatic N) is 2. The third kappa shape index (κ3) is 1.51. The zero-order valence-corrected chi connectivity index (χ0v) is 10.1. The molecule has 1 aromatic rings. The summed E-state index contributed by atoms with van der Waals surface area (Å²) in [4.78, 5) is 12.6. The van der Waals surface area contributed by atoms with Gasteiger partial charge < -0.3 is 10.0 Å². The van der Waals surface area contributed by atoms with Crippen molar-refractivity contribution in [2.75, 3.05) is 13.1 Å². The maximum absolute atomic E-state index is 11.8. The number of carboxylic acid groups (broad SMARTS) is 1. The number of fused-ring (bicyclic) bond motifs is 1. The molecule has 1 fully saturated rings. The van der Waals surface area contributed by atoms with Gasteiger partial charge in [-0.05, 0) is 12.1 Å². The first-order chi connectivity index (χ1) is 8.49. The molecule has 0 spiro atoms. The van der Waals surface area contributed by atoms with Gasteiger partial charge >= 0.3 is 5.97 Å². The molecule has 2 heterocycles. The smallest absolute Gasteiger partial charge is 0.310 e. The second-order valence-electron chi connectivity index (χ2n) is 4.33. The number of sulfonamides is 1. The summed E-state index contributed by atoms with van der Waals surface area (Å²) >= 11 is 0. The Morgan fingerprint density at radius 3 is 2.67 bits per heavy atom. The summed E-state index contributed by atoms with van der Waals surface area (Å²) in [5, 5.41) is 8.81. The molecule has 0 amide bonds. The summed E-state index contributed by atoms with van der Waals surface area (Å²) in [5.74, 6) is -0.938. The first kappa shape index (κ1) is 11.2. The van der Waals surface area contributed by atoms with E-state index in [1.807, 2.05) is 0 Å². The van der Waals surface area contributed by atoms with Gasteiger partial charge in [0.1, 0.15) is 4.90 Å². The Balaban J connectivity index is 1.95. The largest absolute Gasteiger partial charge is 0.481 e. The standard InChI is InChI=1S/C11H10N2O4S/c14-11(15)7-5-13(6-7)10-8-3-1-2-4-9(8)18(16,17)12-10/h1-4,7H,5-6H2,(H,14,15). The predicted molar refractivity (Wildman–Crippen MR) is 62.9 cm³/mol. The minimum atomic E-state index is -3.61. The Morgan fingerprint density at radius 2 is 2.00 bits per heavy atom. The lowest BCUT2D eigenvalue weighted by atomic mass is 9.99. The van der Waals surface area contributed by atoms with Gasteiger partial charge in [0.25, 0.3) is 10.0 Å². The summed E-state index contributed by atoms with van der Waals surface area (Å²) in [6, 6.07) is 6.58. The second kappa shape index (κ2) is 3.55. The number of carbonyl (C=O) groups is 1. The highest BCUT2D eigenvalue weighted by molar-refractivity contribution is 7.90. The summed E-state index contributed by atoms with van der Waals surface area (Å²) in [7, 11) is -3.61. The molecule has 0 atom stereocenters. The molecular weight excluding hydrogens is 256 g/mol. The molecule has 7 heteroatoms. The van der Waals surface area contributed by atoms with Crippen LogP contribution in [0.2, 0.25) is 0 Å². The lowest BCUT2D eigenvalue weighted by molar-refractivity contribution is -0.145. The molecule has 1 saturated heterocycles. The highest BCUT2D eigenvalue weighted by atomic mass is 32.2. The molecule has 0 bridgehead atoms. The van der Waals surface area contributed by atoms with Crippen LogP contribution in [0.4, 0.5) is 0 Å². The third-order valence-electron chi connectivity index (χ3n) is 3.14. The van der Waals surface area contributed by atoms with Gasteiger partial charge in [-0.3, -0.25) is 4.79 Å². The molecule has 0 unspecified atom stereocenters. The lowest BCUT2D eigenvalue weighted by Gasteiger charge is -2.38. The molecule has 1 N–H and O–H groups in total. The monoisotopic (exact) mass is 266 g/mol. The minimum Gasteiger partial charge on any atom is -0.481 e. The van der Waals surface area contributed by atoms with Crippen LogP contribution in [-0.4, -0.2) is 43.3 Å². The van der Waals surface area contributed by atoms with Gasteiger partial charge in [-0.15, -0.1) is 4.40 Å². The Kier molecular flexibility index (Phi) is 2.21. The number of aliphatic carboxylic acids is 1. The lowest BCUT2D eigenvalue weighted by Crippen LogP contribution is -2.53. The number of likely N-dealkylation sites (tertiary alicyclic amines) is 1. The summed E-state index contributed by atoms with van der Waals surface area (Å²) in [5.41, 5.74) is 0.557. The molecular formula is C11H10N2O4S. The van der Waals surface area contributed by atoms with Gasteiger partial charge in [-0.2, -0.15) is 8.42 Å². The van der Waals surface area contributed by atoms with Crippen molar-refractivity contribution in [2.24, 2.45) is 10.3 Å². The van der Waals surface area contributed by atoms with Crippen LogP contribution in [0.5, 0.6) is 0 Å². The average molecular weight is 266 g/mol. The van der Waals surface area contributed by atoms with E-state index in [4.69, 9.17) is 5.11 Å². The number of benzene rings is 1. The van der Waals surface area contributed by atoms with Crippen LogP contribution < -0.4 is 0 Å². The topological polar surface area (TPSA) is 87.0 Å². The van der Waals surface area contributed by atoms with E-state index in [-0.39, 0.29) is 4.90 Å². The van der Waals surface area contributed by atoms with E-state index in [1.165, 1.54) is 6.07 Å². The molecule has 2 aliphatic rings. The van der Waals surface area contributed by atoms with Gasteiger partial charge in [0.15, 0.2) is 5.84 Å². The van der Waals surface area contributed by atoms with E-state index in [1.54, 1.807) is 23.1 Å². The Labute approximate surface area is 104 Å². The van der Waals surface area contributed by atoms with Gasteiger partial charge in [-0.25, -0.2) is 0 Å². The van der Waals surface area contributed by atoms with Crippen molar-refractivity contribution in [1.29, 1.82) is 0 Å². The van der Waals surface area contributed by atoms with E-state index in [0.717, 1.165) is 0 Å². The molecule has 3 rings (SSSR count).